The zero-order valence-corrected chi connectivity index (χ0v) is 12.3. The van der Waals surface area contributed by atoms with Gasteiger partial charge in [-0.1, -0.05) is 0 Å². The molecule has 1 atom stereocenters. The van der Waals surface area contributed by atoms with Crippen molar-refractivity contribution in [3.05, 3.63) is 24.3 Å². The molecule has 3 rings (SSSR count). The van der Waals surface area contributed by atoms with Gasteiger partial charge in [0.15, 0.2) is 0 Å². The van der Waals surface area contributed by atoms with Crippen molar-refractivity contribution < 1.29 is 4.74 Å². The van der Waals surface area contributed by atoms with Crippen molar-refractivity contribution in [3.63, 3.8) is 0 Å². The summed E-state index contributed by atoms with van der Waals surface area (Å²) in [7, 11) is 2.19. The maximum atomic E-state index is 5.63. The molecule has 4 nitrogen and oxygen atoms in total. The minimum Gasteiger partial charge on any atom is -0.382 e. The van der Waals surface area contributed by atoms with Gasteiger partial charge in [-0.15, -0.1) is 0 Å². The molecule has 4 heteroatoms. The van der Waals surface area contributed by atoms with Crippen LogP contribution in [0.15, 0.2) is 24.3 Å². The predicted molar refractivity (Wildman–Crippen MR) is 83.6 cm³/mol. The first-order valence-corrected chi connectivity index (χ1v) is 7.70. The van der Waals surface area contributed by atoms with Gasteiger partial charge in [0.1, 0.15) is 0 Å². The minimum atomic E-state index is 0.396. The molecule has 0 amide bonds. The van der Waals surface area contributed by atoms with Crippen LogP contribution < -0.4 is 10.2 Å². The fourth-order valence-electron chi connectivity index (χ4n) is 2.89. The standard InChI is InChI=1S/C16H25N3O/c1-18-8-10-19(11-9-18)15-6-4-14(5-7-15)17-13-16-3-2-12-20-16/h4-7,16-17H,2-3,8-13H2,1H3. The summed E-state index contributed by atoms with van der Waals surface area (Å²) in [6.45, 7) is 6.40. The Morgan fingerprint density at radius 2 is 1.90 bits per heavy atom. The van der Waals surface area contributed by atoms with Gasteiger partial charge >= 0.3 is 0 Å². The molecule has 20 heavy (non-hydrogen) atoms. The fraction of sp³-hybridized carbons (Fsp3) is 0.625. The Kier molecular flexibility index (Phi) is 4.43. The van der Waals surface area contributed by atoms with Crippen molar-refractivity contribution in [1.29, 1.82) is 0 Å². The quantitative estimate of drug-likeness (QED) is 0.910. The second kappa shape index (κ2) is 6.46. The van der Waals surface area contributed by atoms with Crippen molar-refractivity contribution in [3.8, 4) is 0 Å². The van der Waals surface area contributed by atoms with E-state index >= 15 is 0 Å². The Labute approximate surface area is 121 Å². The molecule has 2 fully saturated rings. The molecule has 0 aliphatic carbocycles. The molecule has 1 aromatic carbocycles. The Morgan fingerprint density at radius 3 is 2.55 bits per heavy atom. The average molecular weight is 275 g/mol. The molecule has 0 spiro atoms. The Hall–Kier alpha value is -1.26. The van der Waals surface area contributed by atoms with Crippen LogP contribution in [-0.4, -0.2) is 57.4 Å². The van der Waals surface area contributed by atoms with E-state index in [4.69, 9.17) is 4.74 Å². The van der Waals surface area contributed by atoms with Gasteiger partial charge in [0, 0.05) is 50.7 Å². The predicted octanol–water partition coefficient (Wildman–Crippen LogP) is 2.03. The molecule has 0 aromatic heterocycles. The molecule has 1 unspecified atom stereocenters. The normalized spacial score (nSPS) is 24.1. The molecule has 0 radical (unpaired) electrons. The molecule has 1 N–H and O–H groups in total. The van der Waals surface area contributed by atoms with Gasteiger partial charge in [0.25, 0.3) is 0 Å². The zero-order chi connectivity index (χ0) is 13.8. The second-order valence-electron chi connectivity index (χ2n) is 5.85. The van der Waals surface area contributed by atoms with E-state index in [9.17, 15) is 0 Å². The molecule has 2 saturated heterocycles. The van der Waals surface area contributed by atoms with Crippen LogP contribution in [0, 0.1) is 0 Å². The van der Waals surface area contributed by atoms with Crippen LogP contribution in [0.2, 0.25) is 0 Å². The summed E-state index contributed by atoms with van der Waals surface area (Å²) >= 11 is 0. The fourth-order valence-corrected chi connectivity index (χ4v) is 2.89. The van der Waals surface area contributed by atoms with Gasteiger partial charge in [0.05, 0.1) is 6.10 Å². The first kappa shape index (κ1) is 13.7. The monoisotopic (exact) mass is 275 g/mol. The molecule has 0 saturated carbocycles. The lowest BCUT2D eigenvalue weighted by Crippen LogP contribution is -2.44. The SMILES string of the molecule is CN1CCN(c2ccc(NCC3CCCO3)cc2)CC1. The van der Waals surface area contributed by atoms with Gasteiger partial charge in [-0.2, -0.15) is 0 Å². The number of nitrogens with zero attached hydrogens (tertiary/aromatic N) is 2. The Bertz CT molecular complexity index is 406. The smallest absolute Gasteiger partial charge is 0.0748 e. The van der Waals surface area contributed by atoms with Crippen LogP contribution in [0.3, 0.4) is 0 Å². The average Bonchev–Trinajstić information content (AvgIpc) is 3.00. The van der Waals surface area contributed by atoms with E-state index in [0.717, 1.165) is 39.3 Å². The number of nitrogens with one attached hydrogen (secondary N) is 1. The highest BCUT2D eigenvalue weighted by atomic mass is 16.5. The van der Waals surface area contributed by atoms with Crippen molar-refractivity contribution in [2.24, 2.45) is 0 Å². The highest BCUT2D eigenvalue weighted by Crippen LogP contribution is 2.20. The van der Waals surface area contributed by atoms with E-state index < -0.39 is 0 Å². The van der Waals surface area contributed by atoms with E-state index in [1.54, 1.807) is 0 Å². The molecule has 2 aliphatic heterocycles. The second-order valence-corrected chi connectivity index (χ2v) is 5.85. The number of hydrogen-bond donors (Lipinski definition) is 1. The minimum absolute atomic E-state index is 0.396. The summed E-state index contributed by atoms with van der Waals surface area (Å²) in [5, 5.41) is 3.47. The third kappa shape index (κ3) is 3.44. The van der Waals surface area contributed by atoms with E-state index in [-0.39, 0.29) is 0 Å². The number of hydrogen-bond acceptors (Lipinski definition) is 4. The summed E-state index contributed by atoms with van der Waals surface area (Å²) in [6, 6.07) is 8.82. The van der Waals surface area contributed by atoms with Crippen molar-refractivity contribution in [2.45, 2.75) is 18.9 Å². The van der Waals surface area contributed by atoms with Gasteiger partial charge in [-0.25, -0.2) is 0 Å². The van der Waals surface area contributed by atoms with Crippen molar-refractivity contribution >= 4 is 11.4 Å². The van der Waals surface area contributed by atoms with Gasteiger partial charge < -0.3 is 19.9 Å². The topological polar surface area (TPSA) is 27.7 Å². The summed E-state index contributed by atoms with van der Waals surface area (Å²) in [4.78, 5) is 4.85. The van der Waals surface area contributed by atoms with Crippen LogP contribution in [0.25, 0.3) is 0 Å². The number of piperazine rings is 1. The number of benzene rings is 1. The first-order valence-electron chi connectivity index (χ1n) is 7.70. The Balaban J connectivity index is 1.51. The van der Waals surface area contributed by atoms with Crippen LogP contribution in [0.4, 0.5) is 11.4 Å². The highest BCUT2D eigenvalue weighted by Gasteiger charge is 2.15. The summed E-state index contributed by atoms with van der Waals surface area (Å²) in [6.07, 6.45) is 2.79. The zero-order valence-electron chi connectivity index (χ0n) is 12.3. The Morgan fingerprint density at radius 1 is 1.15 bits per heavy atom. The highest BCUT2D eigenvalue weighted by molar-refractivity contribution is 5.55. The van der Waals surface area contributed by atoms with E-state index in [2.05, 4.69) is 46.4 Å². The van der Waals surface area contributed by atoms with Crippen LogP contribution in [0.5, 0.6) is 0 Å². The maximum absolute atomic E-state index is 5.63. The molecular weight excluding hydrogens is 250 g/mol. The third-order valence-corrected chi connectivity index (χ3v) is 4.29. The number of likely N-dealkylation sites (N-methyl/N-ethyl adjacent to an activating group) is 1. The molecule has 2 heterocycles. The maximum Gasteiger partial charge on any atom is 0.0748 e. The van der Waals surface area contributed by atoms with Crippen LogP contribution in [-0.2, 0) is 4.74 Å². The van der Waals surface area contributed by atoms with E-state index in [0.29, 0.717) is 6.10 Å². The van der Waals surface area contributed by atoms with Crippen LogP contribution in [0.1, 0.15) is 12.8 Å². The van der Waals surface area contributed by atoms with Crippen molar-refractivity contribution in [1.82, 2.24) is 4.90 Å². The van der Waals surface area contributed by atoms with Crippen LogP contribution >= 0.6 is 0 Å². The summed E-state index contributed by atoms with van der Waals surface area (Å²) < 4.78 is 5.63. The molecular formula is C16H25N3O. The van der Waals surface area contributed by atoms with Crippen molar-refractivity contribution in [2.75, 3.05) is 56.6 Å². The lowest BCUT2D eigenvalue weighted by atomic mass is 10.2. The molecule has 110 valence electrons. The van der Waals surface area contributed by atoms with Gasteiger partial charge in [-0.05, 0) is 44.2 Å². The molecule has 2 aliphatic rings. The summed E-state index contributed by atoms with van der Waals surface area (Å²) in [5.74, 6) is 0. The van der Waals surface area contributed by atoms with E-state index in [1.165, 1.54) is 24.2 Å². The van der Waals surface area contributed by atoms with E-state index in [1.807, 2.05) is 0 Å². The van der Waals surface area contributed by atoms with Gasteiger partial charge in [0.2, 0.25) is 0 Å². The number of rotatable bonds is 4. The number of ether oxygens (including phenoxy) is 1. The largest absolute Gasteiger partial charge is 0.382 e. The first-order chi connectivity index (χ1) is 9.81. The molecule has 1 aromatic rings. The third-order valence-electron chi connectivity index (χ3n) is 4.29. The number of anilines is 2. The summed E-state index contributed by atoms with van der Waals surface area (Å²) in [5.41, 5.74) is 2.53. The lowest BCUT2D eigenvalue weighted by molar-refractivity contribution is 0.120. The lowest BCUT2D eigenvalue weighted by Gasteiger charge is -2.34. The van der Waals surface area contributed by atoms with Gasteiger partial charge in [-0.3, -0.25) is 0 Å². The molecule has 0 bridgehead atoms.